The SMILES string of the molecule is Cn1nc(C(F)(F)F)c(OC(=O)Nc2ccc(OCCN)c(-c3c(Cl)cnn3C)c2)c1Cl. The second-order valence-electron chi connectivity index (χ2n) is 6.42. The number of carbonyl (C=O) groups is 1. The molecule has 0 atom stereocenters. The number of aromatic nitrogens is 4. The highest BCUT2D eigenvalue weighted by molar-refractivity contribution is 6.33. The Labute approximate surface area is 189 Å². The molecule has 0 bridgehead atoms. The number of nitrogens with two attached hydrogens (primary N) is 1. The Morgan fingerprint density at radius 3 is 2.56 bits per heavy atom. The molecule has 0 radical (unpaired) electrons. The van der Waals surface area contributed by atoms with Crippen LogP contribution in [0, 0.1) is 0 Å². The first kappa shape index (κ1) is 23.7. The van der Waals surface area contributed by atoms with Crippen LogP contribution in [0.1, 0.15) is 5.69 Å². The van der Waals surface area contributed by atoms with Gasteiger partial charge < -0.3 is 15.2 Å². The molecule has 14 heteroatoms. The molecule has 3 rings (SSSR count). The molecule has 0 fully saturated rings. The lowest BCUT2D eigenvalue weighted by Gasteiger charge is -2.14. The Kier molecular flexibility index (Phi) is 6.86. The number of nitrogens with one attached hydrogen (secondary N) is 1. The molecule has 9 nitrogen and oxygen atoms in total. The van der Waals surface area contributed by atoms with Crippen LogP contribution in [0.5, 0.6) is 11.5 Å². The summed E-state index contributed by atoms with van der Waals surface area (Å²) in [7, 11) is 2.84. The van der Waals surface area contributed by atoms with Gasteiger partial charge in [0, 0.05) is 31.9 Å². The number of aryl methyl sites for hydroxylation is 2. The minimum atomic E-state index is -4.87. The Balaban J connectivity index is 1.90. The predicted octanol–water partition coefficient (Wildman–Crippen LogP) is 4.09. The van der Waals surface area contributed by atoms with Crippen LogP contribution in [0.3, 0.4) is 0 Å². The number of halogens is 5. The van der Waals surface area contributed by atoms with Gasteiger partial charge in [-0.2, -0.15) is 23.4 Å². The molecular formula is C18H17Cl2F3N6O3. The maximum Gasteiger partial charge on any atom is 0.438 e. The molecule has 172 valence electrons. The van der Waals surface area contributed by atoms with Crippen LogP contribution in [0.2, 0.25) is 10.2 Å². The van der Waals surface area contributed by atoms with Crippen LogP contribution in [-0.2, 0) is 20.3 Å². The average molecular weight is 493 g/mol. The van der Waals surface area contributed by atoms with Crippen molar-refractivity contribution in [3.05, 3.63) is 40.3 Å². The van der Waals surface area contributed by atoms with Gasteiger partial charge in [-0.25, -0.2) is 4.79 Å². The van der Waals surface area contributed by atoms with E-state index in [1.807, 2.05) is 0 Å². The molecule has 0 aliphatic rings. The van der Waals surface area contributed by atoms with Gasteiger partial charge in [-0.1, -0.05) is 23.2 Å². The molecule has 2 heterocycles. The summed E-state index contributed by atoms with van der Waals surface area (Å²) >= 11 is 12.0. The molecule has 3 aromatic rings. The van der Waals surface area contributed by atoms with Crippen LogP contribution in [0.25, 0.3) is 11.3 Å². The van der Waals surface area contributed by atoms with E-state index in [1.54, 1.807) is 13.1 Å². The van der Waals surface area contributed by atoms with Gasteiger partial charge >= 0.3 is 12.3 Å². The van der Waals surface area contributed by atoms with Gasteiger partial charge in [0.15, 0.2) is 5.15 Å². The first-order chi connectivity index (χ1) is 15.0. The van der Waals surface area contributed by atoms with Crippen molar-refractivity contribution in [2.75, 3.05) is 18.5 Å². The number of hydrogen-bond donors (Lipinski definition) is 2. The quantitative estimate of drug-likeness (QED) is 0.536. The third-order valence-electron chi connectivity index (χ3n) is 4.15. The molecule has 0 saturated carbocycles. The number of amides is 1. The number of anilines is 1. The van der Waals surface area contributed by atoms with Crippen molar-refractivity contribution in [2.24, 2.45) is 19.8 Å². The maximum atomic E-state index is 13.2. The number of benzene rings is 1. The highest BCUT2D eigenvalue weighted by atomic mass is 35.5. The van der Waals surface area contributed by atoms with E-state index < -0.39 is 28.9 Å². The Hall–Kier alpha value is -2.96. The third kappa shape index (κ3) is 4.92. The van der Waals surface area contributed by atoms with E-state index in [9.17, 15) is 18.0 Å². The van der Waals surface area contributed by atoms with Gasteiger partial charge in [0.2, 0.25) is 11.4 Å². The van der Waals surface area contributed by atoms with Gasteiger partial charge in [0.1, 0.15) is 12.4 Å². The maximum absolute atomic E-state index is 13.2. The predicted molar refractivity (Wildman–Crippen MR) is 111 cm³/mol. The lowest BCUT2D eigenvalue weighted by molar-refractivity contribution is -0.142. The van der Waals surface area contributed by atoms with Crippen molar-refractivity contribution in [3.63, 3.8) is 0 Å². The van der Waals surface area contributed by atoms with Crippen LogP contribution in [-0.4, -0.2) is 38.8 Å². The first-order valence-electron chi connectivity index (χ1n) is 8.96. The Bertz CT molecular complexity index is 1130. The van der Waals surface area contributed by atoms with Crippen molar-refractivity contribution < 1.29 is 27.4 Å². The summed E-state index contributed by atoms with van der Waals surface area (Å²) in [6.45, 7) is 0.481. The normalized spacial score (nSPS) is 11.5. The summed E-state index contributed by atoms with van der Waals surface area (Å²) in [6, 6.07) is 4.52. The largest absolute Gasteiger partial charge is 0.492 e. The van der Waals surface area contributed by atoms with E-state index in [1.165, 1.54) is 30.1 Å². The summed E-state index contributed by atoms with van der Waals surface area (Å²) in [5.74, 6) is -0.494. The summed E-state index contributed by atoms with van der Waals surface area (Å²) in [6.07, 6.45) is -4.64. The Morgan fingerprint density at radius 2 is 1.97 bits per heavy atom. The average Bonchev–Trinajstić information content (AvgIpc) is 3.19. The highest BCUT2D eigenvalue weighted by Crippen LogP contribution is 2.40. The second-order valence-corrected chi connectivity index (χ2v) is 7.18. The van der Waals surface area contributed by atoms with E-state index in [0.29, 0.717) is 22.0 Å². The number of rotatable bonds is 6. The van der Waals surface area contributed by atoms with Crippen molar-refractivity contribution >= 4 is 35.0 Å². The molecule has 1 aromatic carbocycles. The van der Waals surface area contributed by atoms with Crippen molar-refractivity contribution in [1.82, 2.24) is 19.6 Å². The first-order valence-corrected chi connectivity index (χ1v) is 9.71. The number of alkyl halides is 3. The van der Waals surface area contributed by atoms with Crippen LogP contribution >= 0.6 is 23.2 Å². The van der Waals surface area contributed by atoms with Crippen LogP contribution in [0.4, 0.5) is 23.7 Å². The topological polar surface area (TPSA) is 109 Å². The number of carbonyl (C=O) groups excluding carboxylic acids is 1. The fourth-order valence-corrected chi connectivity index (χ4v) is 3.23. The van der Waals surface area contributed by atoms with E-state index in [0.717, 1.165) is 4.68 Å². The smallest absolute Gasteiger partial charge is 0.438 e. The molecule has 1 amide bonds. The summed E-state index contributed by atoms with van der Waals surface area (Å²) < 4.78 is 52.2. The molecule has 0 unspecified atom stereocenters. The molecule has 3 N–H and O–H groups in total. The van der Waals surface area contributed by atoms with Crippen molar-refractivity contribution in [1.29, 1.82) is 0 Å². The lowest BCUT2D eigenvalue weighted by atomic mass is 10.1. The molecule has 0 saturated heterocycles. The van der Waals surface area contributed by atoms with E-state index >= 15 is 0 Å². The lowest BCUT2D eigenvalue weighted by Crippen LogP contribution is -2.19. The molecular weight excluding hydrogens is 476 g/mol. The van der Waals surface area contributed by atoms with Gasteiger partial charge in [-0.05, 0) is 18.2 Å². The monoisotopic (exact) mass is 492 g/mol. The fourth-order valence-electron chi connectivity index (χ4n) is 2.80. The van der Waals surface area contributed by atoms with E-state index in [4.69, 9.17) is 38.4 Å². The zero-order chi connectivity index (χ0) is 23.6. The van der Waals surface area contributed by atoms with Crippen molar-refractivity contribution in [3.8, 4) is 22.8 Å². The van der Waals surface area contributed by atoms with Gasteiger partial charge in [-0.3, -0.25) is 14.7 Å². The molecule has 0 aliphatic heterocycles. The Morgan fingerprint density at radius 1 is 1.25 bits per heavy atom. The molecule has 0 spiro atoms. The zero-order valence-corrected chi connectivity index (χ0v) is 18.2. The van der Waals surface area contributed by atoms with Gasteiger partial charge in [0.05, 0.1) is 16.9 Å². The van der Waals surface area contributed by atoms with Crippen LogP contribution < -0.4 is 20.5 Å². The highest BCUT2D eigenvalue weighted by Gasteiger charge is 2.40. The number of nitrogens with zero attached hydrogens (tertiary/aromatic N) is 4. The molecule has 0 aliphatic carbocycles. The summed E-state index contributed by atoms with van der Waals surface area (Å²) in [5.41, 5.74) is 5.22. The third-order valence-corrected chi connectivity index (χ3v) is 4.84. The van der Waals surface area contributed by atoms with Gasteiger partial charge in [0.25, 0.3) is 0 Å². The second kappa shape index (κ2) is 9.27. The van der Waals surface area contributed by atoms with Crippen molar-refractivity contribution in [2.45, 2.75) is 6.18 Å². The summed E-state index contributed by atoms with van der Waals surface area (Å²) in [4.78, 5) is 12.3. The minimum absolute atomic E-state index is 0.191. The van der Waals surface area contributed by atoms with Crippen LogP contribution in [0.15, 0.2) is 24.4 Å². The van der Waals surface area contributed by atoms with E-state index in [2.05, 4.69) is 15.5 Å². The summed E-state index contributed by atoms with van der Waals surface area (Å²) in [5, 5.41) is 9.51. The fraction of sp³-hybridized carbons (Fsp3) is 0.278. The minimum Gasteiger partial charge on any atom is -0.492 e. The molecule has 2 aromatic heterocycles. The molecule has 32 heavy (non-hydrogen) atoms. The van der Waals surface area contributed by atoms with Gasteiger partial charge in [-0.15, -0.1) is 0 Å². The zero-order valence-electron chi connectivity index (χ0n) is 16.7. The number of hydrogen-bond acceptors (Lipinski definition) is 6. The number of ether oxygens (including phenoxy) is 2. The van der Waals surface area contributed by atoms with E-state index in [-0.39, 0.29) is 18.8 Å². The standard InChI is InChI=1S/C18H17Cl2F3N6O3/c1-28-13(11(19)8-25-28)10-7-9(3-4-12(10)31-6-5-24)26-17(30)32-14-15(18(21,22)23)27-29(2)16(14)20/h3-4,7-8H,5-6,24H2,1-2H3,(H,26,30).